The SMILES string of the molecule is CCC(O)(CC)Cc1cc(C)ccc1OC. The topological polar surface area (TPSA) is 29.5 Å². The van der Waals surface area contributed by atoms with E-state index in [0.717, 1.165) is 24.2 Å². The van der Waals surface area contributed by atoms with Crippen LogP contribution in [0.3, 0.4) is 0 Å². The number of aliphatic hydroxyl groups is 1. The molecule has 0 atom stereocenters. The maximum atomic E-state index is 10.3. The van der Waals surface area contributed by atoms with Crippen molar-refractivity contribution in [3.63, 3.8) is 0 Å². The van der Waals surface area contributed by atoms with Crippen LogP contribution in [0.1, 0.15) is 37.8 Å². The van der Waals surface area contributed by atoms with Gasteiger partial charge in [-0.25, -0.2) is 0 Å². The van der Waals surface area contributed by atoms with E-state index in [-0.39, 0.29) is 0 Å². The Morgan fingerprint density at radius 1 is 1.25 bits per heavy atom. The van der Waals surface area contributed by atoms with Gasteiger partial charge in [-0.2, -0.15) is 0 Å². The summed E-state index contributed by atoms with van der Waals surface area (Å²) in [6, 6.07) is 6.09. The van der Waals surface area contributed by atoms with Crippen LogP contribution in [0.2, 0.25) is 0 Å². The lowest BCUT2D eigenvalue weighted by atomic mass is 9.88. The van der Waals surface area contributed by atoms with Crippen molar-refractivity contribution in [1.82, 2.24) is 0 Å². The molecule has 0 bridgehead atoms. The molecular weight excluding hydrogens is 200 g/mol. The highest BCUT2D eigenvalue weighted by Gasteiger charge is 2.24. The fraction of sp³-hybridized carbons (Fsp3) is 0.571. The zero-order chi connectivity index (χ0) is 12.2. The lowest BCUT2D eigenvalue weighted by Gasteiger charge is -2.26. The molecule has 1 N–H and O–H groups in total. The first-order valence-corrected chi connectivity index (χ1v) is 5.90. The van der Waals surface area contributed by atoms with Crippen LogP contribution in [0.25, 0.3) is 0 Å². The monoisotopic (exact) mass is 222 g/mol. The lowest BCUT2D eigenvalue weighted by Crippen LogP contribution is -2.29. The molecule has 16 heavy (non-hydrogen) atoms. The smallest absolute Gasteiger partial charge is 0.122 e. The number of methoxy groups -OCH3 is 1. The molecule has 1 aromatic rings. The Kier molecular flexibility index (Phi) is 4.36. The summed E-state index contributed by atoms with van der Waals surface area (Å²) in [5.74, 6) is 0.867. The summed E-state index contributed by atoms with van der Waals surface area (Å²) >= 11 is 0. The molecule has 0 saturated carbocycles. The molecule has 0 aliphatic carbocycles. The summed E-state index contributed by atoms with van der Waals surface area (Å²) in [4.78, 5) is 0. The van der Waals surface area contributed by atoms with Crippen molar-refractivity contribution < 1.29 is 9.84 Å². The molecule has 1 aromatic carbocycles. The molecule has 0 radical (unpaired) electrons. The van der Waals surface area contributed by atoms with E-state index in [1.807, 2.05) is 26.0 Å². The molecule has 2 nitrogen and oxygen atoms in total. The lowest BCUT2D eigenvalue weighted by molar-refractivity contribution is 0.0321. The van der Waals surface area contributed by atoms with Gasteiger partial charge in [-0.1, -0.05) is 31.5 Å². The number of benzene rings is 1. The third-order valence-corrected chi connectivity index (χ3v) is 3.27. The Labute approximate surface area is 98.3 Å². The fourth-order valence-electron chi connectivity index (χ4n) is 1.90. The fourth-order valence-corrected chi connectivity index (χ4v) is 1.90. The summed E-state index contributed by atoms with van der Waals surface area (Å²) in [6.45, 7) is 6.09. The molecule has 0 aliphatic rings. The minimum Gasteiger partial charge on any atom is -0.496 e. The number of rotatable bonds is 5. The summed E-state index contributed by atoms with van der Waals surface area (Å²) < 4.78 is 5.32. The maximum absolute atomic E-state index is 10.3. The number of hydrogen-bond acceptors (Lipinski definition) is 2. The van der Waals surface area contributed by atoms with Gasteiger partial charge < -0.3 is 9.84 Å². The molecule has 0 spiro atoms. The Hall–Kier alpha value is -1.02. The van der Waals surface area contributed by atoms with Gasteiger partial charge in [-0.15, -0.1) is 0 Å². The van der Waals surface area contributed by atoms with Crippen molar-refractivity contribution in [2.75, 3.05) is 7.11 Å². The van der Waals surface area contributed by atoms with Crippen LogP contribution in [0.15, 0.2) is 18.2 Å². The van der Waals surface area contributed by atoms with Gasteiger partial charge in [-0.05, 0) is 31.4 Å². The van der Waals surface area contributed by atoms with E-state index in [1.54, 1.807) is 7.11 Å². The minimum atomic E-state index is -0.610. The number of aryl methyl sites for hydroxylation is 1. The van der Waals surface area contributed by atoms with Gasteiger partial charge in [0.1, 0.15) is 5.75 Å². The van der Waals surface area contributed by atoms with E-state index < -0.39 is 5.60 Å². The third-order valence-electron chi connectivity index (χ3n) is 3.27. The number of ether oxygens (including phenoxy) is 1. The van der Waals surface area contributed by atoms with E-state index in [2.05, 4.69) is 13.0 Å². The van der Waals surface area contributed by atoms with Crippen molar-refractivity contribution in [1.29, 1.82) is 0 Å². The van der Waals surface area contributed by atoms with E-state index in [1.165, 1.54) is 5.56 Å². The predicted octanol–water partition coefficient (Wildman–Crippen LogP) is 3.10. The normalized spacial score (nSPS) is 11.6. The van der Waals surface area contributed by atoms with Gasteiger partial charge in [0.05, 0.1) is 12.7 Å². The van der Waals surface area contributed by atoms with Gasteiger partial charge in [0.2, 0.25) is 0 Å². The standard InChI is InChI=1S/C14H22O2/c1-5-14(15,6-2)10-12-9-11(3)7-8-13(12)16-4/h7-9,15H,5-6,10H2,1-4H3. The molecule has 0 aliphatic heterocycles. The van der Waals surface area contributed by atoms with E-state index in [4.69, 9.17) is 4.74 Å². The molecule has 0 saturated heterocycles. The highest BCUT2D eigenvalue weighted by Crippen LogP contribution is 2.27. The van der Waals surface area contributed by atoms with Crippen molar-refractivity contribution in [3.05, 3.63) is 29.3 Å². The molecule has 0 heterocycles. The second-order valence-electron chi connectivity index (χ2n) is 4.42. The average Bonchev–Trinajstić information content (AvgIpc) is 2.29. The summed E-state index contributed by atoms with van der Waals surface area (Å²) in [6.07, 6.45) is 2.19. The summed E-state index contributed by atoms with van der Waals surface area (Å²) in [5.41, 5.74) is 1.68. The number of hydrogen-bond donors (Lipinski definition) is 1. The molecule has 0 unspecified atom stereocenters. The van der Waals surface area contributed by atoms with Crippen LogP contribution in [-0.4, -0.2) is 17.8 Å². The summed E-state index contributed by atoms with van der Waals surface area (Å²) in [7, 11) is 1.67. The molecule has 90 valence electrons. The second kappa shape index (κ2) is 5.35. The molecule has 1 rings (SSSR count). The maximum Gasteiger partial charge on any atom is 0.122 e. The van der Waals surface area contributed by atoms with Gasteiger partial charge in [0.15, 0.2) is 0 Å². The van der Waals surface area contributed by atoms with E-state index in [9.17, 15) is 5.11 Å². The van der Waals surface area contributed by atoms with Crippen molar-refractivity contribution >= 4 is 0 Å². The zero-order valence-electron chi connectivity index (χ0n) is 10.7. The second-order valence-corrected chi connectivity index (χ2v) is 4.42. The van der Waals surface area contributed by atoms with Gasteiger partial charge in [-0.3, -0.25) is 0 Å². The Bertz CT molecular complexity index is 341. The molecule has 0 fully saturated rings. The third kappa shape index (κ3) is 2.99. The largest absolute Gasteiger partial charge is 0.496 e. The Morgan fingerprint density at radius 2 is 1.88 bits per heavy atom. The van der Waals surface area contributed by atoms with Gasteiger partial charge in [0.25, 0.3) is 0 Å². The first-order chi connectivity index (χ1) is 7.54. The van der Waals surface area contributed by atoms with Crippen molar-refractivity contribution in [2.24, 2.45) is 0 Å². The van der Waals surface area contributed by atoms with Gasteiger partial charge >= 0.3 is 0 Å². The van der Waals surface area contributed by atoms with Crippen molar-refractivity contribution in [3.8, 4) is 5.75 Å². The quantitative estimate of drug-likeness (QED) is 0.829. The predicted molar refractivity (Wildman–Crippen MR) is 67.0 cm³/mol. The van der Waals surface area contributed by atoms with Crippen LogP contribution in [0.5, 0.6) is 5.75 Å². The minimum absolute atomic E-state index is 0.610. The zero-order valence-corrected chi connectivity index (χ0v) is 10.7. The molecule has 2 heteroatoms. The van der Waals surface area contributed by atoms with E-state index >= 15 is 0 Å². The highest BCUT2D eigenvalue weighted by molar-refractivity contribution is 5.37. The highest BCUT2D eigenvalue weighted by atomic mass is 16.5. The summed E-state index contributed by atoms with van der Waals surface area (Å²) in [5, 5.41) is 10.3. The Morgan fingerprint density at radius 3 is 2.38 bits per heavy atom. The van der Waals surface area contributed by atoms with Crippen LogP contribution in [0.4, 0.5) is 0 Å². The van der Waals surface area contributed by atoms with Crippen molar-refractivity contribution in [2.45, 2.75) is 45.6 Å². The molecular formula is C14H22O2. The average molecular weight is 222 g/mol. The van der Waals surface area contributed by atoms with Crippen LogP contribution in [-0.2, 0) is 6.42 Å². The van der Waals surface area contributed by atoms with E-state index in [0.29, 0.717) is 6.42 Å². The van der Waals surface area contributed by atoms with Gasteiger partial charge in [0, 0.05) is 6.42 Å². The van der Waals surface area contributed by atoms with Crippen LogP contribution < -0.4 is 4.74 Å². The first kappa shape index (κ1) is 13.0. The van der Waals surface area contributed by atoms with Crippen LogP contribution in [0, 0.1) is 6.92 Å². The first-order valence-electron chi connectivity index (χ1n) is 5.90. The Balaban J connectivity index is 2.98. The van der Waals surface area contributed by atoms with Crippen LogP contribution >= 0.6 is 0 Å². The molecule has 0 aromatic heterocycles. The molecule has 0 amide bonds.